The Morgan fingerprint density at radius 3 is 2.32 bits per heavy atom. The molecule has 3 atom stereocenters. The van der Waals surface area contributed by atoms with E-state index >= 15 is 0 Å². The number of benzene rings is 1. The highest BCUT2D eigenvalue weighted by atomic mass is 35.5. The van der Waals surface area contributed by atoms with Crippen LogP contribution in [0.4, 0.5) is 0 Å². The van der Waals surface area contributed by atoms with E-state index in [-0.39, 0.29) is 21.5 Å². The van der Waals surface area contributed by atoms with Crippen molar-refractivity contribution >= 4 is 45.1 Å². The molecule has 0 radical (unpaired) electrons. The zero-order valence-corrected chi connectivity index (χ0v) is 17.4. The van der Waals surface area contributed by atoms with Crippen LogP contribution in [0.2, 0.25) is 10.0 Å². The van der Waals surface area contributed by atoms with Crippen LogP contribution in [-0.2, 0) is 19.6 Å². The molecule has 1 amide bonds. The molecule has 1 aliphatic heterocycles. The lowest BCUT2D eigenvalue weighted by molar-refractivity contribution is -0.144. The molecule has 0 aromatic heterocycles. The van der Waals surface area contributed by atoms with Crippen LogP contribution in [0.3, 0.4) is 0 Å². The van der Waals surface area contributed by atoms with E-state index in [0.29, 0.717) is 25.7 Å². The van der Waals surface area contributed by atoms with E-state index in [1.807, 2.05) is 0 Å². The normalized spacial score (nSPS) is 26.1. The summed E-state index contributed by atoms with van der Waals surface area (Å²) in [5.74, 6) is -2.03. The van der Waals surface area contributed by atoms with Crippen molar-refractivity contribution in [3.8, 4) is 0 Å². The molecule has 10 heteroatoms. The number of aliphatic carboxylic acids is 1. The molecule has 154 valence electrons. The summed E-state index contributed by atoms with van der Waals surface area (Å²) in [6.07, 6.45) is 3.65. The summed E-state index contributed by atoms with van der Waals surface area (Å²) in [5.41, 5.74) is 0. The largest absolute Gasteiger partial charge is 0.481 e. The second kappa shape index (κ2) is 8.57. The summed E-state index contributed by atoms with van der Waals surface area (Å²) in [4.78, 5) is 24.2. The molecule has 2 N–H and O–H groups in total. The van der Waals surface area contributed by atoms with Crippen LogP contribution in [0, 0.1) is 5.92 Å². The van der Waals surface area contributed by atoms with Crippen LogP contribution in [-0.4, -0.2) is 48.3 Å². The first-order valence-corrected chi connectivity index (χ1v) is 11.4. The fourth-order valence-electron chi connectivity index (χ4n) is 3.98. The third-order valence-corrected chi connectivity index (χ3v) is 7.68. The van der Waals surface area contributed by atoms with Crippen molar-refractivity contribution in [3.05, 3.63) is 28.2 Å². The summed E-state index contributed by atoms with van der Waals surface area (Å²) < 4.78 is 27.3. The first-order chi connectivity index (χ1) is 13.2. The number of carboxylic acid groups (broad SMARTS) is 1. The SMILES string of the molecule is O=C(O)[C@@H]1CCCC[C@H]1NC(=O)[C@@H]1CCCN1S(=O)(=O)c1cc(Cl)cc(Cl)c1. The quantitative estimate of drug-likeness (QED) is 0.720. The van der Waals surface area contributed by atoms with Gasteiger partial charge in [0.1, 0.15) is 6.04 Å². The standard InChI is InChI=1S/C18H22Cl2N2O5S/c19-11-8-12(20)10-13(9-11)28(26,27)22-7-3-6-16(22)17(23)21-15-5-2-1-4-14(15)18(24)25/h8-10,14-16H,1-7H2,(H,21,23)(H,24,25)/t14-,15-,16+/m1/s1. The van der Waals surface area contributed by atoms with E-state index in [2.05, 4.69) is 5.32 Å². The minimum Gasteiger partial charge on any atom is -0.481 e. The van der Waals surface area contributed by atoms with Crippen LogP contribution >= 0.6 is 23.2 Å². The maximum absolute atomic E-state index is 13.1. The fraction of sp³-hybridized carbons (Fsp3) is 0.556. The zero-order chi connectivity index (χ0) is 20.5. The van der Waals surface area contributed by atoms with Gasteiger partial charge in [-0.3, -0.25) is 9.59 Å². The van der Waals surface area contributed by atoms with E-state index in [9.17, 15) is 23.1 Å². The number of amides is 1. The van der Waals surface area contributed by atoms with Crippen molar-refractivity contribution in [1.29, 1.82) is 0 Å². The second-order valence-electron chi connectivity index (χ2n) is 7.22. The van der Waals surface area contributed by atoms with Crippen LogP contribution in [0.5, 0.6) is 0 Å². The molecule has 1 aliphatic carbocycles. The van der Waals surface area contributed by atoms with E-state index in [1.54, 1.807) is 0 Å². The summed E-state index contributed by atoms with van der Waals surface area (Å²) >= 11 is 11.9. The molecule has 0 spiro atoms. The molecular formula is C18H22Cl2N2O5S. The van der Waals surface area contributed by atoms with E-state index in [4.69, 9.17) is 23.2 Å². The Morgan fingerprint density at radius 1 is 1.04 bits per heavy atom. The van der Waals surface area contributed by atoms with Gasteiger partial charge < -0.3 is 10.4 Å². The van der Waals surface area contributed by atoms with Gasteiger partial charge in [0, 0.05) is 22.6 Å². The lowest BCUT2D eigenvalue weighted by Gasteiger charge is -2.31. The number of nitrogens with one attached hydrogen (secondary N) is 1. The average molecular weight is 449 g/mol. The smallest absolute Gasteiger partial charge is 0.308 e. The van der Waals surface area contributed by atoms with Crippen molar-refractivity contribution in [2.24, 2.45) is 5.92 Å². The molecule has 2 aliphatic rings. The Kier molecular flexibility index (Phi) is 6.54. The predicted octanol–water partition coefficient (Wildman–Crippen LogP) is 2.91. The van der Waals surface area contributed by atoms with Crippen LogP contribution in [0.15, 0.2) is 23.1 Å². The molecule has 2 fully saturated rings. The first kappa shape index (κ1) is 21.4. The van der Waals surface area contributed by atoms with Gasteiger partial charge in [0.2, 0.25) is 15.9 Å². The summed E-state index contributed by atoms with van der Waals surface area (Å²) in [7, 11) is -3.96. The van der Waals surface area contributed by atoms with Crippen molar-refractivity contribution in [3.63, 3.8) is 0 Å². The van der Waals surface area contributed by atoms with Crippen molar-refractivity contribution in [2.75, 3.05) is 6.54 Å². The predicted molar refractivity (Wildman–Crippen MR) is 105 cm³/mol. The van der Waals surface area contributed by atoms with Gasteiger partial charge in [-0.2, -0.15) is 4.31 Å². The maximum atomic E-state index is 13.1. The number of nitrogens with zero attached hydrogens (tertiary/aromatic N) is 1. The number of hydrogen-bond acceptors (Lipinski definition) is 4. The van der Waals surface area contributed by atoms with Crippen molar-refractivity contribution < 1.29 is 23.1 Å². The molecule has 7 nitrogen and oxygen atoms in total. The highest BCUT2D eigenvalue weighted by molar-refractivity contribution is 7.89. The molecule has 1 heterocycles. The highest BCUT2D eigenvalue weighted by Crippen LogP contribution is 2.31. The molecule has 1 aromatic rings. The molecule has 1 saturated heterocycles. The minimum absolute atomic E-state index is 0.0641. The maximum Gasteiger partial charge on any atom is 0.308 e. The topological polar surface area (TPSA) is 104 Å². The van der Waals surface area contributed by atoms with Crippen molar-refractivity contribution in [1.82, 2.24) is 9.62 Å². The number of carbonyl (C=O) groups is 2. The molecule has 1 saturated carbocycles. The lowest BCUT2D eigenvalue weighted by atomic mass is 9.84. The Hall–Kier alpha value is -1.35. The van der Waals surface area contributed by atoms with Gasteiger partial charge in [-0.1, -0.05) is 36.0 Å². The Labute approximate surface area is 174 Å². The van der Waals surface area contributed by atoms with Gasteiger partial charge in [-0.05, 0) is 43.9 Å². The number of rotatable bonds is 5. The monoisotopic (exact) mass is 448 g/mol. The van der Waals surface area contributed by atoms with E-state index in [0.717, 1.165) is 17.1 Å². The second-order valence-corrected chi connectivity index (χ2v) is 9.99. The average Bonchev–Trinajstić information content (AvgIpc) is 3.12. The first-order valence-electron chi connectivity index (χ1n) is 9.21. The minimum atomic E-state index is -3.96. The Bertz CT molecular complexity index is 856. The van der Waals surface area contributed by atoms with E-state index < -0.39 is 39.9 Å². The fourth-order valence-corrected chi connectivity index (χ4v) is 6.36. The number of carbonyl (C=O) groups excluding carboxylic acids is 1. The number of carboxylic acids is 1. The number of sulfonamides is 1. The van der Waals surface area contributed by atoms with Gasteiger partial charge in [0.25, 0.3) is 0 Å². The Balaban J connectivity index is 1.80. The number of halogens is 2. The molecule has 1 aromatic carbocycles. The van der Waals surface area contributed by atoms with Gasteiger partial charge in [0.05, 0.1) is 10.8 Å². The van der Waals surface area contributed by atoms with Gasteiger partial charge >= 0.3 is 5.97 Å². The summed E-state index contributed by atoms with van der Waals surface area (Å²) in [6, 6.07) is 2.68. The third-order valence-electron chi connectivity index (χ3n) is 5.36. The Morgan fingerprint density at radius 2 is 1.68 bits per heavy atom. The third kappa shape index (κ3) is 4.45. The highest BCUT2D eigenvalue weighted by Gasteiger charge is 2.41. The van der Waals surface area contributed by atoms with Crippen LogP contribution < -0.4 is 5.32 Å². The van der Waals surface area contributed by atoms with E-state index in [1.165, 1.54) is 18.2 Å². The van der Waals surface area contributed by atoms with Gasteiger partial charge in [0.15, 0.2) is 0 Å². The summed E-state index contributed by atoms with van der Waals surface area (Å²) in [6.45, 7) is 0.206. The molecule has 28 heavy (non-hydrogen) atoms. The molecule has 0 bridgehead atoms. The van der Waals surface area contributed by atoms with Crippen molar-refractivity contribution in [2.45, 2.75) is 55.5 Å². The van der Waals surface area contributed by atoms with Crippen LogP contribution in [0.25, 0.3) is 0 Å². The molecule has 3 rings (SSSR count). The number of hydrogen-bond donors (Lipinski definition) is 2. The molecular weight excluding hydrogens is 427 g/mol. The van der Waals surface area contributed by atoms with Crippen LogP contribution in [0.1, 0.15) is 38.5 Å². The summed E-state index contributed by atoms with van der Waals surface area (Å²) in [5, 5.41) is 12.6. The zero-order valence-electron chi connectivity index (χ0n) is 15.1. The van der Waals surface area contributed by atoms with Gasteiger partial charge in [-0.25, -0.2) is 8.42 Å². The molecule has 0 unspecified atom stereocenters. The lowest BCUT2D eigenvalue weighted by Crippen LogP contribution is -2.52. The van der Waals surface area contributed by atoms with Gasteiger partial charge in [-0.15, -0.1) is 0 Å².